The highest BCUT2D eigenvalue weighted by molar-refractivity contribution is 5.41. The molecule has 0 bridgehead atoms. The third-order valence-electron chi connectivity index (χ3n) is 4.30. The average Bonchev–Trinajstić information content (AvgIpc) is 2.37. The van der Waals surface area contributed by atoms with Crippen LogP contribution in [-0.4, -0.2) is 10.1 Å². The molecule has 1 N–H and O–H groups in total. The Labute approximate surface area is 118 Å². The Morgan fingerprint density at radius 2 is 2.00 bits per heavy atom. The van der Waals surface area contributed by atoms with Crippen LogP contribution in [0.5, 0.6) is 0 Å². The van der Waals surface area contributed by atoms with Gasteiger partial charge >= 0.3 is 0 Å². The molecule has 3 rings (SSSR count). The average molecular weight is 271 g/mol. The normalized spacial score (nSPS) is 18.4. The van der Waals surface area contributed by atoms with Gasteiger partial charge in [0.1, 0.15) is 11.4 Å². The minimum Gasteiger partial charge on any atom is -0.381 e. The van der Waals surface area contributed by atoms with E-state index in [2.05, 4.69) is 11.1 Å². The fraction of sp³-hybridized carbons (Fsp3) is 0.353. The zero-order valence-electron chi connectivity index (χ0n) is 11.5. The first-order chi connectivity index (χ1) is 9.59. The maximum Gasteiger partial charge on any atom is 0.141 e. The Bertz CT molecular complexity index is 620. The number of benzene rings is 1. The minimum atomic E-state index is -1.22. The van der Waals surface area contributed by atoms with E-state index < -0.39 is 11.4 Å². The van der Waals surface area contributed by atoms with Gasteiger partial charge in [0.2, 0.25) is 0 Å². The van der Waals surface area contributed by atoms with Gasteiger partial charge in [0.05, 0.1) is 6.20 Å². The van der Waals surface area contributed by atoms with Crippen molar-refractivity contribution in [2.45, 2.75) is 37.7 Å². The zero-order chi connectivity index (χ0) is 14.2. The zero-order valence-corrected chi connectivity index (χ0v) is 11.5. The van der Waals surface area contributed by atoms with E-state index in [0.29, 0.717) is 11.5 Å². The van der Waals surface area contributed by atoms with Gasteiger partial charge in [-0.05, 0) is 42.9 Å². The van der Waals surface area contributed by atoms with Gasteiger partial charge in [-0.3, -0.25) is 4.98 Å². The number of pyridine rings is 1. The maximum atomic E-state index is 13.4. The summed E-state index contributed by atoms with van der Waals surface area (Å²) in [6, 6.07) is 9.26. The second-order valence-electron chi connectivity index (χ2n) is 5.68. The lowest BCUT2D eigenvalue weighted by Crippen LogP contribution is -2.26. The third kappa shape index (κ3) is 2.22. The molecule has 1 aliphatic rings. The van der Waals surface area contributed by atoms with Crippen LogP contribution in [-0.2, 0) is 5.60 Å². The Morgan fingerprint density at radius 1 is 1.25 bits per heavy atom. The number of aliphatic hydroxyl groups is 1. The largest absolute Gasteiger partial charge is 0.381 e. The van der Waals surface area contributed by atoms with Gasteiger partial charge in [0, 0.05) is 11.8 Å². The summed E-state index contributed by atoms with van der Waals surface area (Å²) in [5, 5.41) is 10.9. The fourth-order valence-electron chi connectivity index (χ4n) is 2.85. The maximum absolute atomic E-state index is 13.4. The summed E-state index contributed by atoms with van der Waals surface area (Å²) in [5.74, 6) is 0.0862. The second-order valence-corrected chi connectivity index (χ2v) is 5.68. The molecule has 1 unspecified atom stereocenters. The Balaban J connectivity index is 2.07. The van der Waals surface area contributed by atoms with Gasteiger partial charge in [-0.1, -0.05) is 30.7 Å². The van der Waals surface area contributed by atoms with E-state index in [1.54, 1.807) is 6.92 Å². The lowest BCUT2D eigenvalue weighted by atomic mass is 9.74. The van der Waals surface area contributed by atoms with Crippen LogP contribution >= 0.6 is 0 Å². The number of halogens is 1. The molecule has 1 aliphatic carbocycles. The highest BCUT2D eigenvalue weighted by Gasteiger charge is 2.32. The highest BCUT2D eigenvalue weighted by atomic mass is 19.1. The number of nitrogens with zero attached hydrogens (tertiary/aromatic N) is 1. The number of hydrogen-bond acceptors (Lipinski definition) is 2. The van der Waals surface area contributed by atoms with Crippen molar-refractivity contribution in [1.29, 1.82) is 0 Å². The van der Waals surface area contributed by atoms with Crippen LogP contribution in [0, 0.1) is 5.82 Å². The molecule has 1 heterocycles. The van der Waals surface area contributed by atoms with Crippen molar-refractivity contribution in [3.63, 3.8) is 0 Å². The highest BCUT2D eigenvalue weighted by Crippen LogP contribution is 2.42. The van der Waals surface area contributed by atoms with Gasteiger partial charge in [0.15, 0.2) is 0 Å². The molecule has 2 aromatic rings. The van der Waals surface area contributed by atoms with E-state index in [-0.39, 0.29) is 0 Å². The van der Waals surface area contributed by atoms with Crippen molar-refractivity contribution in [1.82, 2.24) is 4.98 Å². The van der Waals surface area contributed by atoms with E-state index in [1.807, 2.05) is 18.2 Å². The summed E-state index contributed by atoms with van der Waals surface area (Å²) in [6.45, 7) is 1.71. The molecule has 1 saturated carbocycles. The monoisotopic (exact) mass is 271 g/mol. The molecule has 0 aliphatic heterocycles. The summed E-state index contributed by atoms with van der Waals surface area (Å²) in [7, 11) is 0. The van der Waals surface area contributed by atoms with Crippen molar-refractivity contribution in [2.75, 3.05) is 0 Å². The molecular formula is C17H18FNO. The van der Waals surface area contributed by atoms with E-state index in [0.717, 1.165) is 24.6 Å². The summed E-state index contributed by atoms with van der Waals surface area (Å²) < 4.78 is 13.4. The minimum absolute atomic E-state index is 0.427. The number of aromatic nitrogens is 1. The van der Waals surface area contributed by atoms with Crippen molar-refractivity contribution in [3.05, 3.63) is 65.2 Å². The molecule has 3 heteroatoms. The number of hydrogen-bond donors (Lipinski definition) is 1. The first-order valence-electron chi connectivity index (χ1n) is 7.02. The molecule has 1 aromatic carbocycles. The lowest BCUT2D eigenvalue weighted by molar-refractivity contribution is 0.0992. The first kappa shape index (κ1) is 13.3. The van der Waals surface area contributed by atoms with Crippen molar-refractivity contribution in [3.8, 4) is 0 Å². The van der Waals surface area contributed by atoms with Gasteiger partial charge in [0.25, 0.3) is 0 Å². The van der Waals surface area contributed by atoms with Gasteiger partial charge in [-0.2, -0.15) is 0 Å². The van der Waals surface area contributed by atoms with Crippen LogP contribution in [0.3, 0.4) is 0 Å². The molecule has 0 saturated heterocycles. The smallest absolute Gasteiger partial charge is 0.141 e. The summed E-state index contributed by atoms with van der Waals surface area (Å²) in [4.78, 5) is 3.85. The summed E-state index contributed by atoms with van der Waals surface area (Å²) >= 11 is 0. The van der Waals surface area contributed by atoms with Crippen LogP contribution in [0.4, 0.5) is 4.39 Å². The quantitative estimate of drug-likeness (QED) is 0.922. The Hall–Kier alpha value is -1.74. The van der Waals surface area contributed by atoms with Crippen molar-refractivity contribution >= 4 is 0 Å². The van der Waals surface area contributed by atoms with Gasteiger partial charge < -0.3 is 5.11 Å². The van der Waals surface area contributed by atoms with Crippen molar-refractivity contribution in [2.24, 2.45) is 0 Å². The van der Waals surface area contributed by atoms with Gasteiger partial charge in [-0.25, -0.2) is 4.39 Å². The Morgan fingerprint density at radius 3 is 2.65 bits per heavy atom. The molecule has 0 amide bonds. The molecule has 0 radical (unpaired) electrons. The van der Waals surface area contributed by atoms with Crippen LogP contribution < -0.4 is 0 Å². The van der Waals surface area contributed by atoms with E-state index in [9.17, 15) is 9.50 Å². The molecule has 0 spiro atoms. The third-order valence-corrected chi connectivity index (χ3v) is 4.30. The molecular weight excluding hydrogens is 253 g/mol. The van der Waals surface area contributed by atoms with E-state index in [4.69, 9.17) is 0 Å². The van der Waals surface area contributed by atoms with E-state index in [1.165, 1.54) is 24.2 Å². The van der Waals surface area contributed by atoms with E-state index >= 15 is 0 Å². The van der Waals surface area contributed by atoms with Crippen LogP contribution in [0.2, 0.25) is 0 Å². The lowest BCUT2D eigenvalue weighted by Gasteiger charge is -2.33. The molecule has 1 aromatic heterocycles. The molecule has 104 valence electrons. The molecule has 20 heavy (non-hydrogen) atoms. The standard InChI is InChI=1S/C17H18FNO/c1-17(20,13-9-14(18)11-19-10-13)16-8-3-2-7-15(16)12-5-4-6-12/h2-3,7-12,20H,4-6H2,1H3. The van der Waals surface area contributed by atoms with Crippen LogP contribution in [0.15, 0.2) is 42.7 Å². The number of rotatable bonds is 3. The predicted octanol–water partition coefficient (Wildman–Crippen LogP) is 3.74. The summed E-state index contributed by atoms with van der Waals surface area (Å²) in [5.41, 5.74) is 1.30. The van der Waals surface area contributed by atoms with Crippen LogP contribution in [0.25, 0.3) is 0 Å². The molecule has 2 nitrogen and oxygen atoms in total. The second kappa shape index (κ2) is 4.98. The first-order valence-corrected chi connectivity index (χ1v) is 7.02. The predicted molar refractivity (Wildman–Crippen MR) is 75.9 cm³/mol. The SMILES string of the molecule is CC(O)(c1cncc(F)c1)c1ccccc1C1CCC1. The topological polar surface area (TPSA) is 33.1 Å². The van der Waals surface area contributed by atoms with Gasteiger partial charge in [-0.15, -0.1) is 0 Å². The summed E-state index contributed by atoms with van der Waals surface area (Å²) in [6.07, 6.45) is 6.24. The fourth-order valence-corrected chi connectivity index (χ4v) is 2.85. The molecule has 1 fully saturated rings. The molecule has 1 atom stereocenters. The van der Waals surface area contributed by atoms with Crippen molar-refractivity contribution < 1.29 is 9.50 Å². The Kier molecular flexibility index (Phi) is 3.30. The van der Waals surface area contributed by atoms with Crippen LogP contribution in [0.1, 0.15) is 48.8 Å².